The number of carbonyl (C=O) groups excluding carboxylic acids is 1. The molecule has 0 saturated heterocycles. The topological polar surface area (TPSA) is 91.7 Å². The molecule has 160 valence electrons. The van der Waals surface area contributed by atoms with E-state index in [0.717, 1.165) is 15.4 Å². The van der Waals surface area contributed by atoms with Gasteiger partial charge in [0.2, 0.25) is 0 Å². The van der Waals surface area contributed by atoms with E-state index in [0.29, 0.717) is 11.6 Å². The monoisotopic (exact) mass is 436 g/mol. The van der Waals surface area contributed by atoms with Crippen molar-refractivity contribution >= 4 is 27.8 Å². The molecule has 7 nitrogen and oxygen atoms in total. The van der Waals surface area contributed by atoms with Crippen LogP contribution in [0.5, 0.6) is 0 Å². The van der Waals surface area contributed by atoms with Crippen molar-refractivity contribution < 1.29 is 13.2 Å². The Labute approximate surface area is 182 Å². The zero-order valence-corrected chi connectivity index (χ0v) is 18.2. The number of carbonyl (C=O) groups is 1. The molecule has 0 bridgehead atoms. The zero-order valence-electron chi connectivity index (χ0n) is 17.3. The van der Waals surface area contributed by atoms with Gasteiger partial charge in [-0.25, -0.2) is 13.8 Å². The van der Waals surface area contributed by atoms with E-state index in [9.17, 15) is 13.2 Å². The second-order valence-electron chi connectivity index (χ2n) is 7.14. The summed E-state index contributed by atoms with van der Waals surface area (Å²) >= 11 is 0. The Bertz CT molecular complexity index is 1130. The molecule has 0 spiro atoms. The first-order valence-corrected chi connectivity index (χ1v) is 11.2. The van der Waals surface area contributed by atoms with E-state index in [1.807, 2.05) is 12.1 Å². The minimum absolute atomic E-state index is 0.107. The molecule has 0 atom stereocenters. The van der Waals surface area contributed by atoms with Gasteiger partial charge in [-0.1, -0.05) is 44.2 Å². The predicted molar refractivity (Wildman–Crippen MR) is 121 cm³/mol. The van der Waals surface area contributed by atoms with E-state index in [1.165, 1.54) is 18.3 Å². The average Bonchev–Trinajstić information content (AvgIpc) is 2.79. The van der Waals surface area contributed by atoms with E-state index in [-0.39, 0.29) is 4.90 Å². The van der Waals surface area contributed by atoms with Crippen LogP contribution in [-0.4, -0.2) is 32.1 Å². The summed E-state index contributed by atoms with van der Waals surface area (Å²) in [6, 6.07) is 18.7. The Morgan fingerprint density at radius 3 is 2.29 bits per heavy atom. The third-order valence-corrected chi connectivity index (χ3v) is 6.36. The normalized spacial score (nSPS) is 11.6. The van der Waals surface area contributed by atoms with Gasteiger partial charge in [-0.15, -0.1) is 0 Å². The lowest BCUT2D eigenvalue weighted by molar-refractivity contribution is -0.119. The van der Waals surface area contributed by atoms with Crippen LogP contribution < -0.4 is 9.73 Å². The van der Waals surface area contributed by atoms with Crippen LogP contribution in [0.2, 0.25) is 0 Å². The van der Waals surface area contributed by atoms with Crippen molar-refractivity contribution in [2.24, 2.45) is 5.10 Å². The Hall–Kier alpha value is -3.52. The van der Waals surface area contributed by atoms with Crippen molar-refractivity contribution in [2.45, 2.75) is 24.7 Å². The predicted octanol–water partition coefficient (Wildman–Crippen LogP) is 3.55. The quantitative estimate of drug-likeness (QED) is 0.432. The number of hydrazone groups is 1. The Morgan fingerprint density at radius 2 is 1.68 bits per heavy atom. The number of sulfonamides is 1. The summed E-state index contributed by atoms with van der Waals surface area (Å²) in [5.74, 6) is -0.253. The molecule has 0 aliphatic carbocycles. The van der Waals surface area contributed by atoms with E-state index >= 15 is 0 Å². The van der Waals surface area contributed by atoms with Crippen molar-refractivity contribution in [2.75, 3.05) is 10.8 Å². The number of amides is 1. The number of pyridine rings is 1. The van der Waals surface area contributed by atoms with Gasteiger partial charge in [-0.3, -0.25) is 14.1 Å². The molecule has 3 aromatic rings. The molecule has 31 heavy (non-hydrogen) atoms. The summed E-state index contributed by atoms with van der Waals surface area (Å²) in [6.07, 6.45) is 4.68. The number of rotatable bonds is 8. The van der Waals surface area contributed by atoms with Crippen molar-refractivity contribution in [3.8, 4) is 0 Å². The fourth-order valence-electron chi connectivity index (χ4n) is 2.85. The third kappa shape index (κ3) is 5.76. The maximum Gasteiger partial charge on any atom is 0.264 e. The molecular formula is C23H24N4O3S. The SMILES string of the molecule is CC(C)c1ccc(N(CC(=O)N/N=C\c2ccncc2)S(=O)(=O)c2ccccc2)cc1. The molecule has 0 radical (unpaired) electrons. The third-order valence-electron chi connectivity index (χ3n) is 4.58. The van der Waals surface area contributed by atoms with Crippen molar-refractivity contribution in [3.05, 3.63) is 90.3 Å². The van der Waals surface area contributed by atoms with Crippen LogP contribution in [0.4, 0.5) is 5.69 Å². The summed E-state index contributed by atoms with van der Waals surface area (Å²) in [7, 11) is -3.95. The van der Waals surface area contributed by atoms with Gasteiger partial charge in [0.1, 0.15) is 6.54 Å². The lowest BCUT2D eigenvalue weighted by Crippen LogP contribution is -2.39. The van der Waals surface area contributed by atoms with Crippen molar-refractivity contribution in [1.29, 1.82) is 0 Å². The van der Waals surface area contributed by atoms with Crippen LogP contribution in [0.1, 0.15) is 30.9 Å². The van der Waals surface area contributed by atoms with E-state index < -0.39 is 22.5 Å². The number of benzene rings is 2. The molecule has 8 heteroatoms. The second kappa shape index (κ2) is 9.99. The van der Waals surface area contributed by atoms with Crippen LogP contribution in [0.15, 0.2) is 89.1 Å². The Balaban J connectivity index is 1.85. The number of nitrogens with zero attached hydrogens (tertiary/aromatic N) is 3. The highest BCUT2D eigenvalue weighted by molar-refractivity contribution is 7.92. The first-order valence-electron chi connectivity index (χ1n) is 9.77. The maximum atomic E-state index is 13.3. The number of aromatic nitrogens is 1. The van der Waals surface area contributed by atoms with Gasteiger partial charge in [0.25, 0.3) is 15.9 Å². The molecule has 0 saturated carbocycles. The van der Waals surface area contributed by atoms with Crippen molar-refractivity contribution in [1.82, 2.24) is 10.4 Å². The van der Waals surface area contributed by atoms with Gasteiger partial charge in [0.15, 0.2) is 0 Å². The van der Waals surface area contributed by atoms with E-state index in [1.54, 1.807) is 54.9 Å². The first-order chi connectivity index (χ1) is 14.9. The molecule has 0 unspecified atom stereocenters. The van der Waals surface area contributed by atoms with E-state index in [2.05, 4.69) is 29.4 Å². The van der Waals surface area contributed by atoms with Crippen LogP contribution in [-0.2, 0) is 14.8 Å². The maximum absolute atomic E-state index is 13.3. The van der Waals surface area contributed by atoms with E-state index in [4.69, 9.17) is 0 Å². The molecule has 0 aliphatic heterocycles. The lowest BCUT2D eigenvalue weighted by Gasteiger charge is -2.24. The van der Waals surface area contributed by atoms with Crippen LogP contribution in [0, 0.1) is 0 Å². The number of nitrogens with one attached hydrogen (secondary N) is 1. The molecule has 2 aromatic carbocycles. The largest absolute Gasteiger partial charge is 0.271 e. The molecule has 1 amide bonds. The van der Waals surface area contributed by atoms with Crippen LogP contribution in [0.25, 0.3) is 0 Å². The van der Waals surface area contributed by atoms with Gasteiger partial charge in [0, 0.05) is 12.4 Å². The second-order valence-corrected chi connectivity index (χ2v) is 9.01. The highest BCUT2D eigenvalue weighted by atomic mass is 32.2. The summed E-state index contributed by atoms with van der Waals surface area (Å²) in [6.45, 7) is 3.70. The molecular weight excluding hydrogens is 412 g/mol. The minimum Gasteiger partial charge on any atom is -0.271 e. The van der Waals surface area contributed by atoms with Gasteiger partial charge < -0.3 is 0 Å². The lowest BCUT2D eigenvalue weighted by atomic mass is 10.0. The number of hydrogen-bond donors (Lipinski definition) is 1. The standard InChI is InChI=1S/C23H24N4O3S/c1-18(2)20-8-10-21(11-9-20)27(31(29,30)22-6-4-3-5-7-22)17-23(28)26-25-16-19-12-14-24-15-13-19/h3-16,18H,17H2,1-2H3,(H,26,28)/b25-16-. The Morgan fingerprint density at radius 1 is 1.03 bits per heavy atom. The van der Waals surface area contributed by atoms with Gasteiger partial charge >= 0.3 is 0 Å². The fraction of sp³-hybridized carbons (Fsp3) is 0.174. The van der Waals surface area contributed by atoms with Crippen LogP contribution >= 0.6 is 0 Å². The summed E-state index contributed by atoms with van der Waals surface area (Å²) in [4.78, 5) is 16.5. The highest BCUT2D eigenvalue weighted by Crippen LogP contribution is 2.25. The summed E-state index contributed by atoms with van der Waals surface area (Å²) < 4.78 is 27.7. The molecule has 1 heterocycles. The Kier molecular flexibility index (Phi) is 7.15. The summed E-state index contributed by atoms with van der Waals surface area (Å²) in [5.41, 5.74) is 4.63. The molecule has 0 aliphatic rings. The number of anilines is 1. The number of hydrogen-bond acceptors (Lipinski definition) is 5. The average molecular weight is 437 g/mol. The smallest absolute Gasteiger partial charge is 0.264 e. The minimum atomic E-state index is -3.95. The zero-order chi connectivity index (χ0) is 22.3. The highest BCUT2D eigenvalue weighted by Gasteiger charge is 2.27. The fourth-order valence-corrected chi connectivity index (χ4v) is 4.30. The van der Waals surface area contributed by atoms with Crippen LogP contribution in [0.3, 0.4) is 0 Å². The molecule has 0 fully saturated rings. The molecule has 3 rings (SSSR count). The van der Waals surface area contributed by atoms with Gasteiger partial charge in [-0.05, 0) is 53.4 Å². The molecule has 1 N–H and O–H groups in total. The van der Waals surface area contributed by atoms with Gasteiger partial charge in [0.05, 0.1) is 16.8 Å². The first kappa shape index (κ1) is 22.2. The van der Waals surface area contributed by atoms with Crippen molar-refractivity contribution in [3.63, 3.8) is 0 Å². The molecule has 1 aromatic heterocycles. The summed E-state index contributed by atoms with van der Waals surface area (Å²) in [5, 5.41) is 3.91. The van der Waals surface area contributed by atoms with Gasteiger partial charge in [-0.2, -0.15) is 5.10 Å².